The van der Waals surface area contributed by atoms with Gasteiger partial charge in [-0.2, -0.15) is 0 Å². The molecule has 2 aliphatic rings. The van der Waals surface area contributed by atoms with Crippen molar-refractivity contribution in [1.82, 2.24) is 24.3 Å². The Balaban J connectivity index is 1.45. The fourth-order valence-electron chi connectivity index (χ4n) is 4.52. The Morgan fingerprint density at radius 2 is 1.74 bits per heavy atom. The maximum Gasteiger partial charge on any atom is 0.219 e. The fraction of sp³-hybridized carbons (Fsp3) is 0.304. The van der Waals surface area contributed by atoms with E-state index in [-0.39, 0.29) is 5.95 Å². The van der Waals surface area contributed by atoms with E-state index in [0.717, 1.165) is 40.2 Å². The molecule has 1 saturated heterocycles. The lowest BCUT2D eigenvalue weighted by atomic mass is 10.1. The first kappa shape index (κ1) is 20.7. The number of hydrogen-bond acceptors (Lipinski definition) is 8. The molecule has 0 bridgehead atoms. The lowest BCUT2D eigenvalue weighted by molar-refractivity contribution is 0.122. The molecule has 2 N–H and O–H groups in total. The van der Waals surface area contributed by atoms with Crippen LogP contribution in [-0.2, 0) is 17.7 Å². The third-order valence-electron chi connectivity index (χ3n) is 6.28. The number of benzene rings is 1. The second-order valence-electron chi connectivity index (χ2n) is 8.35. The van der Waals surface area contributed by atoms with Gasteiger partial charge in [-0.1, -0.05) is 0 Å². The molecule has 0 atom stereocenters. The zero-order chi connectivity index (χ0) is 23.2. The van der Waals surface area contributed by atoms with Crippen LogP contribution in [0.3, 0.4) is 0 Å². The number of fused-ring (bicyclic) bond motifs is 3. The molecule has 0 aliphatic carbocycles. The standard InChI is InChI=1S/C23H22F2N8O/c24-16-2-1-15(9-17(16)25)32-4-3-20-19(12-32)30-22-21(31-5-7-34-8-6-31)29-18(13-33(20)22)14-10-27-23(26)28-11-14/h1-2,9-11,13H,3-8,12H2,(H2,26,27,28). The number of aromatic nitrogens is 5. The molecule has 1 fully saturated rings. The lowest BCUT2D eigenvalue weighted by Gasteiger charge is -2.29. The Morgan fingerprint density at radius 3 is 2.50 bits per heavy atom. The number of anilines is 3. The smallest absolute Gasteiger partial charge is 0.219 e. The van der Waals surface area contributed by atoms with Crippen LogP contribution in [-0.4, -0.2) is 57.2 Å². The molecule has 1 aromatic carbocycles. The highest BCUT2D eigenvalue weighted by molar-refractivity contribution is 5.71. The SMILES string of the molecule is Nc1ncc(-c2cn3c4c(nc3c(N3CCOCC3)n2)CN(c2ccc(F)c(F)c2)CC4)cn1. The number of nitrogens with zero attached hydrogens (tertiary/aromatic N) is 7. The second-order valence-corrected chi connectivity index (χ2v) is 8.35. The molecule has 34 heavy (non-hydrogen) atoms. The summed E-state index contributed by atoms with van der Waals surface area (Å²) in [5.41, 5.74) is 10.5. The van der Waals surface area contributed by atoms with E-state index in [1.165, 1.54) is 6.07 Å². The number of rotatable bonds is 3. The molecule has 0 saturated carbocycles. The molecular formula is C23H22F2N8O. The van der Waals surface area contributed by atoms with Crippen molar-refractivity contribution < 1.29 is 13.5 Å². The zero-order valence-electron chi connectivity index (χ0n) is 18.3. The molecule has 0 amide bonds. The summed E-state index contributed by atoms with van der Waals surface area (Å²) in [5, 5.41) is 0. The molecule has 6 rings (SSSR count). The van der Waals surface area contributed by atoms with Crippen molar-refractivity contribution in [3.63, 3.8) is 0 Å². The minimum atomic E-state index is -0.854. The van der Waals surface area contributed by atoms with Crippen molar-refractivity contribution in [1.29, 1.82) is 0 Å². The highest BCUT2D eigenvalue weighted by Crippen LogP contribution is 2.31. The molecule has 0 unspecified atom stereocenters. The van der Waals surface area contributed by atoms with Crippen LogP contribution in [0.15, 0.2) is 36.8 Å². The molecule has 0 spiro atoms. The maximum atomic E-state index is 13.8. The van der Waals surface area contributed by atoms with Crippen molar-refractivity contribution in [2.24, 2.45) is 0 Å². The minimum absolute atomic E-state index is 0.204. The summed E-state index contributed by atoms with van der Waals surface area (Å²) in [7, 11) is 0. The fourth-order valence-corrected chi connectivity index (χ4v) is 4.52. The highest BCUT2D eigenvalue weighted by atomic mass is 19.2. The number of halogens is 2. The summed E-state index contributed by atoms with van der Waals surface area (Å²) < 4.78 is 34.9. The second kappa shape index (κ2) is 8.17. The normalized spacial score (nSPS) is 16.2. The average Bonchev–Trinajstić information content (AvgIpc) is 3.24. The number of hydrogen-bond donors (Lipinski definition) is 1. The molecule has 11 heteroatoms. The van der Waals surface area contributed by atoms with Gasteiger partial charge in [-0.05, 0) is 12.1 Å². The molecular weight excluding hydrogens is 442 g/mol. The van der Waals surface area contributed by atoms with E-state index in [4.69, 9.17) is 20.4 Å². The summed E-state index contributed by atoms with van der Waals surface area (Å²) in [5.74, 6) is -0.732. The van der Waals surface area contributed by atoms with Gasteiger partial charge in [0.1, 0.15) is 0 Å². The number of ether oxygens (including phenoxy) is 1. The predicted octanol–water partition coefficient (Wildman–Crippen LogP) is 2.45. The molecule has 3 aromatic heterocycles. The van der Waals surface area contributed by atoms with Gasteiger partial charge in [0, 0.05) is 67.7 Å². The predicted molar refractivity (Wildman–Crippen MR) is 123 cm³/mol. The van der Waals surface area contributed by atoms with Gasteiger partial charge in [-0.25, -0.2) is 28.7 Å². The van der Waals surface area contributed by atoms with Crippen LogP contribution < -0.4 is 15.5 Å². The molecule has 9 nitrogen and oxygen atoms in total. The van der Waals surface area contributed by atoms with Crippen molar-refractivity contribution in [3.8, 4) is 11.3 Å². The number of nitrogen functional groups attached to an aromatic ring is 1. The molecule has 2 aliphatic heterocycles. The molecule has 0 radical (unpaired) electrons. The number of morpholine rings is 1. The van der Waals surface area contributed by atoms with E-state index < -0.39 is 11.6 Å². The highest BCUT2D eigenvalue weighted by Gasteiger charge is 2.26. The summed E-state index contributed by atoms with van der Waals surface area (Å²) in [6.07, 6.45) is 5.97. The summed E-state index contributed by atoms with van der Waals surface area (Å²) in [6.45, 7) is 3.80. The quantitative estimate of drug-likeness (QED) is 0.494. The Labute approximate surface area is 193 Å². The molecule has 5 heterocycles. The monoisotopic (exact) mass is 464 g/mol. The lowest BCUT2D eigenvalue weighted by Crippen LogP contribution is -2.37. The Bertz CT molecular complexity index is 1370. The van der Waals surface area contributed by atoms with Gasteiger partial charge in [0.05, 0.1) is 31.1 Å². The Morgan fingerprint density at radius 1 is 0.941 bits per heavy atom. The van der Waals surface area contributed by atoms with Gasteiger partial charge >= 0.3 is 0 Å². The number of imidazole rings is 1. The zero-order valence-corrected chi connectivity index (χ0v) is 18.3. The van der Waals surface area contributed by atoms with E-state index in [1.54, 1.807) is 18.5 Å². The first-order chi connectivity index (χ1) is 16.6. The Kier molecular flexibility index (Phi) is 4.98. The van der Waals surface area contributed by atoms with Crippen LogP contribution in [0.25, 0.3) is 16.9 Å². The van der Waals surface area contributed by atoms with E-state index in [2.05, 4.69) is 19.3 Å². The van der Waals surface area contributed by atoms with E-state index >= 15 is 0 Å². The van der Waals surface area contributed by atoms with Gasteiger partial charge in [0.15, 0.2) is 23.1 Å². The van der Waals surface area contributed by atoms with Gasteiger partial charge < -0.3 is 20.3 Å². The summed E-state index contributed by atoms with van der Waals surface area (Å²) >= 11 is 0. The first-order valence-electron chi connectivity index (χ1n) is 11.1. The van der Waals surface area contributed by atoms with E-state index in [9.17, 15) is 8.78 Å². The molecule has 174 valence electrons. The van der Waals surface area contributed by atoms with Crippen LogP contribution in [0.1, 0.15) is 11.4 Å². The van der Waals surface area contributed by atoms with Gasteiger partial charge in [0.25, 0.3) is 0 Å². The minimum Gasteiger partial charge on any atom is -0.378 e. The maximum absolute atomic E-state index is 13.8. The van der Waals surface area contributed by atoms with Crippen molar-refractivity contribution in [3.05, 3.63) is 59.8 Å². The van der Waals surface area contributed by atoms with Crippen LogP contribution in [0.2, 0.25) is 0 Å². The van der Waals surface area contributed by atoms with Gasteiger partial charge in [-0.15, -0.1) is 0 Å². The van der Waals surface area contributed by atoms with Crippen LogP contribution in [0.4, 0.5) is 26.2 Å². The van der Waals surface area contributed by atoms with Crippen molar-refractivity contribution in [2.75, 3.05) is 48.4 Å². The van der Waals surface area contributed by atoms with Crippen LogP contribution >= 0.6 is 0 Å². The van der Waals surface area contributed by atoms with Gasteiger partial charge in [0.2, 0.25) is 5.95 Å². The van der Waals surface area contributed by atoms with Gasteiger partial charge in [-0.3, -0.25) is 4.40 Å². The number of nitrogens with two attached hydrogens (primary N) is 1. The van der Waals surface area contributed by atoms with Crippen LogP contribution in [0, 0.1) is 11.6 Å². The average molecular weight is 464 g/mol. The topological polar surface area (TPSA) is 97.7 Å². The first-order valence-corrected chi connectivity index (χ1v) is 11.1. The molecule has 4 aromatic rings. The summed E-state index contributed by atoms with van der Waals surface area (Å²) in [6, 6.07) is 3.99. The summed E-state index contributed by atoms with van der Waals surface area (Å²) in [4.78, 5) is 22.3. The van der Waals surface area contributed by atoms with E-state index in [1.807, 2.05) is 11.1 Å². The van der Waals surface area contributed by atoms with Crippen molar-refractivity contribution >= 4 is 23.1 Å². The van der Waals surface area contributed by atoms with Crippen molar-refractivity contribution in [2.45, 2.75) is 13.0 Å². The largest absolute Gasteiger partial charge is 0.378 e. The third-order valence-corrected chi connectivity index (χ3v) is 6.28. The Hall–Kier alpha value is -3.86. The van der Waals surface area contributed by atoms with E-state index in [0.29, 0.717) is 51.5 Å². The van der Waals surface area contributed by atoms with Crippen LogP contribution in [0.5, 0.6) is 0 Å². The third kappa shape index (κ3) is 3.58.